The van der Waals surface area contributed by atoms with E-state index in [0.29, 0.717) is 24.0 Å². The molecular weight excluding hydrogens is 310 g/mol. The highest BCUT2D eigenvalue weighted by atomic mass is 16.5. The zero-order valence-corrected chi connectivity index (χ0v) is 15.4. The van der Waals surface area contributed by atoms with Crippen molar-refractivity contribution in [2.75, 3.05) is 0 Å². The van der Waals surface area contributed by atoms with E-state index >= 15 is 0 Å². The Morgan fingerprint density at radius 2 is 2.08 bits per heavy atom. The van der Waals surface area contributed by atoms with E-state index in [-0.39, 0.29) is 6.09 Å². The number of hydrogen-bond donors (Lipinski definition) is 1. The van der Waals surface area contributed by atoms with E-state index in [9.17, 15) is 4.79 Å². The average Bonchev–Trinajstić information content (AvgIpc) is 3.23. The first-order valence-electron chi connectivity index (χ1n) is 10.2. The van der Waals surface area contributed by atoms with Gasteiger partial charge in [0.05, 0.1) is 0 Å². The SMILES string of the molecule is CC[C@H]1CCC[C@@]2(C1)[C@H]1CC[C@H](C1)[C@H]2NC(=O)OCc1ccccc1. The molecular formula is C22H31NO2. The van der Waals surface area contributed by atoms with Gasteiger partial charge in [-0.2, -0.15) is 0 Å². The first-order valence-corrected chi connectivity index (χ1v) is 10.2. The van der Waals surface area contributed by atoms with Gasteiger partial charge < -0.3 is 10.1 Å². The van der Waals surface area contributed by atoms with E-state index < -0.39 is 0 Å². The Labute approximate surface area is 151 Å². The van der Waals surface area contributed by atoms with Crippen LogP contribution in [0.4, 0.5) is 4.79 Å². The minimum absolute atomic E-state index is 0.223. The first-order chi connectivity index (χ1) is 12.2. The molecule has 0 radical (unpaired) electrons. The van der Waals surface area contributed by atoms with Crippen molar-refractivity contribution in [3.8, 4) is 0 Å². The highest BCUT2D eigenvalue weighted by molar-refractivity contribution is 5.68. The van der Waals surface area contributed by atoms with Crippen molar-refractivity contribution in [1.29, 1.82) is 0 Å². The number of ether oxygens (including phenoxy) is 1. The molecule has 0 saturated heterocycles. The third-order valence-electron chi connectivity index (χ3n) is 7.36. The zero-order valence-electron chi connectivity index (χ0n) is 15.4. The van der Waals surface area contributed by atoms with Crippen LogP contribution in [0, 0.1) is 23.2 Å². The van der Waals surface area contributed by atoms with Gasteiger partial charge in [-0.3, -0.25) is 0 Å². The monoisotopic (exact) mass is 341 g/mol. The van der Waals surface area contributed by atoms with Crippen LogP contribution < -0.4 is 5.32 Å². The van der Waals surface area contributed by atoms with Crippen LogP contribution in [0.2, 0.25) is 0 Å². The number of nitrogens with one attached hydrogen (secondary N) is 1. The molecule has 3 aliphatic carbocycles. The molecule has 0 unspecified atom stereocenters. The minimum Gasteiger partial charge on any atom is -0.445 e. The fourth-order valence-corrected chi connectivity index (χ4v) is 6.18. The van der Waals surface area contributed by atoms with Crippen LogP contribution in [0.1, 0.15) is 63.9 Å². The first kappa shape index (κ1) is 16.9. The number of benzene rings is 1. The molecule has 3 heteroatoms. The Morgan fingerprint density at radius 3 is 2.88 bits per heavy atom. The normalized spacial score (nSPS) is 36.5. The maximum atomic E-state index is 12.5. The van der Waals surface area contributed by atoms with Gasteiger partial charge in [0.2, 0.25) is 0 Å². The number of carbonyl (C=O) groups is 1. The molecule has 5 atom stereocenters. The van der Waals surface area contributed by atoms with Gasteiger partial charge in [-0.25, -0.2) is 4.79 Å². The third kappa shape index (κ3) is 3.18. The van der Waals surface area contributed by atoms with E-state index in [0.717, 1.165) is 17.4 Å². The van der Waals surface area contributed by atoms with Crippen molar-refractivity contribution in [2.24, 2.45) is 23.2 Å². The molecule has 2 bridgehead atoms. The van der Waals surface area contributed by atoms with Gasteiger partial charge in [0.25, 0.3) is 0 Å². The molecule has 3 nitrogen and oxygen atoms in total. The third-order valence-corrected chi connectivity index (χ3v) is 7.36. The molecule has 1 aromatic carbocycles. The maximum absolute atomic E-state index is 12.5. The minimum atomic E-state index is -0.223. The zero-order chi connectivity index (χ0) is 17.3. The van der Waals surface area contributed by atoms with E-state index in [1.165, 1.54) is 51.4 Å². The van der Waals surface area contributed by atoms with Crippen LogP contribution in [0.15, 0.2) is 30.3 Å². The number of alkyl carbamates (subject to hydrolysis) is 1. The summed E-state index contributed by atoms with van der Waals surface area (Å²) in [5.74, 6) is 2.34. The van der Waals surface area contributed by atoms with Crippen molar-refractivity contribution in [1.82, 2.24) is 5.32 Å². The number of hydrogen-bond acceptors (Lipinski definition) is 2. The summed E-state index contributed by atoms with van der Waals surface area (Å²) in [5.41, 5.74) is 1.40. The summed E-state index contributed by atoms with van der Waals surface area (Å²) in [6.45, 7) is 2.69. The van der Waals surface area contributed by atoms with Crippen LogP contribution >= 0.6 is 0 Å². The van der Waals surface area contributed by atoms with E-state index in [2.05, 4.69) is 12.2 Å². The molecule has 1 amide bonds. The van der Waals surface area contributed by atoms with Crippen LogP contribution in [0.3, 0.4) is 0 Å². The lowest BCUT2D eigenvalue weighted by molar-refractivity contribution is 0.0285. The lowest BCUT2D eigenvalue weighted by Gasteiger charge is -2.49. The Bertz CT molecular complexity index is 601. The largest absolute Gasteiger partial charge is 0.445 e. The topological polar surface area (TPSA) is 38.3 Å². The lowest BCUT2D eigenvalue weighted by atomic mass is 9.59. The average molecular weight is 341 g/mol. The van der Waals surface area contributed by atoms with Crippen LogP contribution in [-0.4, -0.2) is 12.1 Å². The number of carbonyl (C=O) groups excluding carboxylic acids is 1. The predicted octanol–water partition coefficient (Wildman–Crippen LogP) is 5.30. The molecule has 0 aromatic heterocycles. The van der Waals surface area contributed by atoms with Crippen molar-refractivity contribution >= 4 is 6.09 Å². The Morgan fingerprint density at radius 1 is 1.24 bits per heavy atom. The smallest absolute Gasteiger partial charge is 0.407 e. The van der Waals surface area contributed by atoms with Gasteiger partial charge in [0.1, 0.15) is 6.61 Å². The maximum Gasteiger partial charge on any atom is 0.407 e. The molecule has 3 aliphatic rings. The molecule has 3 fully saturated rings. The number of amides is 1. The van der Waals surface area contributed by atoms with Crippen molar-refractivity contribution in [3.05, 3.63) is 35.9 Å². The van der Waals surface area contributed by atoms with E-state index in [1.54, 1.807) is 0 Å². The second kappa shape index (κ2) is 7.01. The molecule has 3 saturated carbocycles. The molecule has 1 aromatic rings. The molecule has 1 spiro atoms. The molecule has 0 aliphatic heterocycles. The van der Waals surface area contributed by atoms with Crippen LogP contribution in [-0.2, 0) is 11.3 Å². The van der Waals surface area contributed by atoms with Crippen molar-refractivity contribution < 1.29 is 9.53 Å². The summed E-state index contributed by atoms with van der Waals surface area (Å²) >= 11 is 0. The molecule has 4 rings (SSSR count). The molecule has 0 heterocycles. The van der Waals surface area contributed by atoms with Crippen molar-refractivity contribution in [3.63, 3.8) is 0 Å². The second-order valence-electron chi connectivity index (χ2n) is 8.56. The Kier molecular flexibility index (Phi) is 4.75. The Balaban J connectivity index is 1.42. The van der Waals surface area contributed by atoms with Crippen molar-refractivity contribution in [2.45, 2.75) is 70.9 Å². The number of rotatable bonds is 4. The lowest BCUT2D eigenvalue weighted by Crippen LogP contribution is -2.53. The molecule has 25 heavy (non-hydrogen) atoms. The highest BCUT2D eigenvalue weighted by Gasteiger charge is 2.59. The summed E-state index contributed by atoms with van der Waals surface area (Å²) < 4.78 is 5.53. The Hall–Kier alpha value is -1.51. The van der Waals surface area contributed by atoms with E-state index in [4.69, 9.17) is 4.74 Å². The number of fused-ring (bicyclic) bond motifs is 3. The van der Waals surface area contributed by atoms with Gasteiger partial charge in [0.15, 0.2) is 0 Å². The fourth-order valence-electron chi connectivity index (χ4n) is 6.18. The van der Waals surface area contributed by atoms with Gasteiger partial charge in [-0.05, 0) is 60.8 Å². The molecule has 1 N–H and O–H groups in total. The molecule has 136 valence electrons. The van der Waals surface area contributed by atoms with Gasteiger partial charge in [0, 0.05) is 6.04 Å². The van der Waals surface area contributed by atoms with Crippen LogP contribution in [0.5, 0.6) is 0 Å². The van der Waals surface area contributed by atoms with Gasteiger partial charge in [-0.1, -0.05) is 56.5 Å². The quantitative estimate of drug-likeness (QED) is 0.807. The van der Waals surface area contributed by atoms with E-state index in [1.807, 2.05) is 30.3 Å². The predicted molar refractivity (Wildman–Crippen MR) is 99.1 cm³/mol. The van der Waals surface area contributed by atoms with Gasteiger partial charge in [-0.15, -0.1) is 0 Å². The van der Waals surface area contributed by atoms with Gasteiger partial charge >= 0.3 is 6.09 Å². The summed E-state index contributed by atoms with van der Waals surface area (Å²) in [4.78, 5) is 12.5. The summed E-state index contributed by atoms with van der Waals surface area (Å²) in [6.07, 6.45) is 10.4. The summed E-state index contributed by atoms with van der Waals surface area (Å²) in [6, 6.07) is 10.3. The fraction of sp³-hybridized carbons (Fsp3) is 0.682. The summed E-state index contributed by atoms with van der Waals surface area (Å²) in [5, 5.41) is 3.32. The van der Waals surface area contributed by atoms with Crippen LogP contribution in [0.25, 0.3) is 0 Å². The highest BCUT2D eigenvalue weighted by Crippen LogP contribution is 2.62. The summed E-state index contributed by atoms with van der Waals surface area (Å²) in [7, 11) is 0. The second-order valence-corrected chi connectivity index (χ2v) is 8.56. The standard InChI is InChI=1S/C22H31NO2/c1-2-16-9-6-12-22(14-16)19-11-10-18(13-19)20(22)23-21(24)25-15-17-7-4-3-5-8-17/h3-5,7-8,16,18-20H,2,6,9-15H2,1H3,(H,23,24)/t16-,18+,19-,20+,22+/m0/s1.